The van der Waals surface area contributed by atoms with E-state index in [1.165, 1.54) is 19.3 Å². The minimum Gasteiger partial charge on any atom is -0.383 e. The highest BCUT2D eigenvalue weighted by atomic mass is 32.2. The van der Waals surface area contributed by atoms with Gasteiger partial charge in [-0.1, -0.05) is 51.7 Å². The zero-order chi connectivity index (χ0) is 19.6. The monoisotopic (exact) mass is 383 g/mol. The van der Waals surface area contributed by atoms with Gasteiger partial charge in [-0.2, -0.15) is 8.42 Å². The van der Waals surface area contributed by atoms with Crippen molar-refractivity contribution in [2.45, 2.75) is 78.3 Å². The second-order valence-electron chi connectivity index (χ2n) is 6.88. The zero-order valence-electron chi connectivity index (χ0n) is 16.5. The Bertz CT molecular complexity index is 658. The van der Waals surface area contributed by atoms with Gasteiger partial charge in [0, 0.05) is 19.0 Å². The van der Waals surface area contributed by atoms with Crippen molar-refractivity contribution in [3.63, 3.8) is 0 Å². The molecule has 5 nitrogen and oxygen atoms in total. The number of nitrogens with zero attached hydrogens (tertiary/aromatic N) is 1. The first-order chi connectivity index (χ1) is 12.3. The molecular weight excluding hydrogens is 350 g/mol. The fourth-order valence-corrected chi connectivity index (χ4v) is 3.25. The molecule has 6 heteroatoms. The summed E-state index contributed by atoms with van der Waals surface area (Å²) in [4.78, 5) is 14.6. The van der Waals surface area contributed by atoms with Gasteiger partial charge >= 0.3 is 10.1 Å². The normalized spacial score (nSPS) is 12.6. The van der Waals surface area contributed by atoms with Crippen molar-refractivity contribution in [1.82, 2.24) is 4.90 Å². The standard InChI is InChI=1S/C20H33NO4S/c1-5-7-8-9-10-14-20(22)21(17(3)6-2)16-18-12-11-13-19(15-18)25-26(4,23)24/h11-13,15,17H,5-10,14,16H2,1-4H3. The summed E-state index contributed by atoms with van der Waals surface area (Å²) in [6, 6.07) is 7.06. The van der Waals surface area contributed by atoms with Crippen molar-refractivity contribution in [1.29, 1.82) is 0 Å². The number of benzene rings is 1. The van der Waals surface area contributed by atoms with Crippen molar-refractivity contribution in [3.8, 4) is 5.75 Å². The van der Waals surface area contributed by atoms with E-state index in [9.17, 15) is 13.2 Å². The van der Waals surface area contributed by atoms with Crippen LogP contribution >= 0.6 is 0 Å². The molecule has 0 fully saturated rings. The molecule has 0 aromatic heterocycles. The average molecular weight is 384 g/mol. The van der Waals surface area contributed by atoms with Gasteiger partial charge in [0.15, 0.2) is 0 Å². The molecule has 0 radical (unpaired) electrons. The maximum Gasteiger partial charge on any atom is 0.306 e. The van der Waals surface area contributed by atoms with Gasteiger partial charge in [-0.3, -0.25) is 4.79 Å². The highest BCUT2D eigenvalue weighted by Gasteiger charge is 2.19. The van der Waals surface area contributed by atoms with Gasteiger partial charge in [-0.25, -0.2) is 0 Å². The van der Waals surface area contributed by atoms with Gasteiger partial charge in [0.05, 0.1) is 6.26 Å². The smallest absolute Gasteiger partial charge is 0.306 e. The molecule has 0 aliphatic heterocycles. The lowest BCUT2D eigenvalue weighted by Gasteiger charge is -2.29. The molecule has 0 saturated heterocycles. The summed E-state index contributed by atoms with van der Waals surface area (Å²) in [6.45, 7) is 6.75. The average Bonchev–Trinajstić information content (AvgIpc) is 2.57. The Balaban J connectivity index is 2.75. The molecule has 0 spiro atoms. The Morgan fingerprint density at radius 3 is 2.46 bits per heavy atom. The van der Waals surface area contributed by atoms with Crippen LogP contribution in [0.25, 0.3) is 0 Å². The molecule has 1 aromatic carbocycles. The summed E-state index contributed by atoms with van der Waals surface area (Å²) in [5.41, 5.74) is 0.866. The van der Waals surface area contributed by atoms with Crippen LogP contribution < -0.4 is 4.18 Å². The highest BCUT2D eigenvalue weighted by Crippen LogP contribution is 2.19. The van der Waals surface area contributed by atoms with Crippen LogP contribution in [-0.4, -0.2) is 31.5 Å². The minimum absolute atomic E-state index is 0.137. The van der Waals surface area contributed by atoms with Crippen molar-refractivity contribution < 1.29 is 17.4 Å². The van der Waals surface area contributed by atoms with E-state index in [0.717, 1.165) is 31.1 Å². The molecule has 148 valence electrons. The van der Waals surface area contributed by atoms with Crippen LogP contribution in [-0.2, 0) is 21.5 Å². The minimum atomic E-state index is -3.56. The Morgan fingerprint density at radius 2 is 1.85 bits per heavy atom. The number of unbranched alkanes of at least 4 members (excludes halogenated alkanes) is 4. The summed E-state index contributed by atoms with van der Waals surface area (Å²) in [5, 5.41) is 0. The highest BCUT2D eigenvalue weighted by molar-refractivity contribution is 7.86. The van der Waals surface area contributed by atoms with Crippen molar-refractivity contribution in [3.05, 3.63) is 29.8 Å². The molecule has 1 rings (SSSR count). The first-order valence-corrected chi connectivity index (χ1v) is 11.4. The van der Waals surface area contributed by atoms with E-state index in [4.69, 9.17) is 4.18 Å². The second-order valence-corrected chi connectivity index (χ2v) is 8.45. The van der Waals surface area contributed by atoms with Gasteiger partial charge < -0.3 is 9.08 Å². The maximum atomic E-state index is 12.7. The quantitative estimate of drug-likeness (QED) is 0.393. The molecule has 0 heterocycles. The van der Waals surface area contributed by atoms with Crippen LogP contribution in [0.5, 0.6) is 5.75 Å². The predicted octanol–water partition coefficient (Wildman–Crippen LogP) is 4.51. The van der Waals surface area contributed by atoms with Gasteiger partial charge in [0.2, 0.25) is 5.91 Å². The lowest BCUT2D eigenvalue weighted by atomic mass is 10.1. The van der Waals surface area contributed by atoms with Gasteiger partial charge in [-0.05, 0) is 37.5 Å². The molecule has 0 aliphatic carbocycles. The number of carbonyl (C=O) groups is 1. The fraction of sp³-hybridized carbons (Fsp3) is 0.650. The molecule has 1 amide bonds. The van der Waals surface area contributed by atoms with Crippen LogP contribution in [0.1, 0.15) is 71.3 Å². The van der Waals surface area contributed by atoms with Crippen molar-refractivity contribution in [2.75, 3.05) is 6.26 Å². The van der Waals surface area contributed by atoms with E-state index in [2.05, 4.69) is 13.8 Å². The molecule has 0 aliphatic rings. The first-order valence-electron chi connectivity index (χ1n) is 9.54. The zero-order valence-corrected chi connectivity index (χ0v) is 17.3. The number of rotatable bonds is 12. The van der Waals surface area contributed by atoms with E-state index >= 15 is 0 Å². The maximum absolute atomic E-state index is 12.7. The largest absolute Gasteiger partial charge is 0.383 e. The summed E-state index contributed by atoms with van der Waals surface area (Å²) in [6.07, 6.45) is 8.06. The van der Waals surface area contributed by atoms with Crippen LogP contribution in [0.3, 0.4) is 0 Å². The number of carbonyl (C=O) groups excluding carboxylic acids is 1. The molecule has 0 bridgehead atoms. The third kappa shape index (κ3) is 8.70. The van der Waals surface area contributed by atoms with Gasteiger partial charge in [-0.15, -0.1) is 0 Å². The number of hydrogen-bond donors (Lipinski definition) is 0. The van der Waals surface area contributed by atoms with E-state index in [1.54, 1.807) is 18.2 Å². The van der Waals surface area contributed by atoms with Gasteiger partial charge in [0.1, 0.15) is 5.75 Å². The summed E-state index contributed by atoms with van der Waals surface area (Å²) in [7, 11) is -3.56. The van der Waals surface area contributed by atoms with E-state index in [-0.39, 0.29) is 17.7 Å². The fourth-order valence-electron chi connectivity index (χ4n) is 2.80. The van der Waals surface area contributed by atoms with E-state index < -0.39 is 10.1 Å². The van der Waals surface area contributed by atoms with Crippen molar-refractivity contribution >= 4 is 16.0 Å². The Hall–Kier alpha value is -1.56. The SMILES string of the molecule is CCCCCCCC(=O)N(Cc1cccc(OS(C)(=O)=O)c1)C(C)CC. The van der Waals surface area contributed by atoms with Crippen LogP contribution in [0.4, 0.5) is 0 Å². The lowest BCUT2D eigenvalue weighted by molar-refractivity contribution is -0.134. The molecule has 1 aromatic rings. The molecule has 0 N–H and O–H groups in total. The van der Waals surface area contributed by atoms with Crippen LogP contribution in [0.2, 0.25) is 0 Å². The van der Waals surface area contributed by atoms with Gasteiger partial charge in [0.25, 0.3) is 0 Å². The third-order valence-corrected chi connectivity index (χ3v) is 4.93. The topological polar surface area (TPSA) is 63.7 Å². The summed E-state index contributed by atoms with van der Waals surface area (Å²) < 4.78 is 27.5. The number of amides is 1. The lowest BCUT2D eigenvalue weighted by Crippen LogP contribution is -2.37. The Labute approximate surface area is 158 Å². The molecule has 26 heavy (non-hydrogen) atoms. The molecular formula is C20H33NO4S. The summed E-state index contributed by atoms with van der Waals surface area (Å²) >= 11 is 0. The third-order valence-electron chi connectivity index (χ3n) is 4.44. The molecule has 1 unspecified atom stereocenters. The second kappa shape index (κ2) is 11.2. The predicted molar refractivity (Wildman–Crippen MR) is 106 cm³/mol. The van der Waals surface area contributed by atoms with E-state index in [0.29, 0.717) is 13.0 Å². The Kier molecular flexibility index (Phi) is 9.70. The van der Waals surface area contributed by atoms with Crippen LogP contribution in [0.15, 0.2) is 24.3 Å². The molecule has 0 saturated carbocycles. The number of hydrogen-bond acceptors (Lipinski definition) is 4. The van der Waals surface area contributed by atoms with E-state index in [1.807, 2.05) is 17.9 Å². The Morgan fingerprint density at radius 1 is 1.15 bits per heavy atom. The van der Waals surface area contributed by atoms with Crippen LogP contribution in [0, 0.1) is 0 Å². The first kappa shape index (κ1) is 22.5. The molecule has 1 atom stereocenters. The van der Waals surface area contributed by atoms with Crippen molar-refractivity contribution in [2.24, 2.45) is 0 Å². The summed E-state index contributed by atoms with van der Waals surface area (Å²) in [5.74, 6) is 0.436.